The van der Waals surface area contributed by atoms with Gasteiger partial charge in [0.1, 0.15) is 11.6 Å². The van der Waals surface area contributed by atoms with Crippen LogP contribution in [-0.4, -0.2) is 36.3 Å². The van der Waals surface area contributed by atoms with Gasteiger partial charge in [0.15, 0.2) is 0 Å². The Morgan fingerprint density at radius 2 is 1.88 bits per heavy atom. The lowest BCUT2D eigenvalue weighted by atomic mass is 10.0. The van der Waals surface area contributed by atoms with Crippen LogP contribution in [0.3, 0.4) is 0 Å². The molecule has 4 rings (SSSR count). The third kappa shape index (κ3) is 3.19. The van der Waals surface area contributed by atoms with E-state index >= 15 is 0 Å². The minimum atomic E-state index is -0.609. The minimum Gasteiger partial charge on any atom is -0.360 e. The van der Waals surface area contributed by atoms with Crippen LogP contribution in [0.25, 0.3) is 0 Å². The van der Waals surface area contributed by atoms with Gasteiger partial charge in [-0.25, -0.2) is 13.8 Å². The van der Waals surface area contributed by atoms with E-state index in [9.17, 15) is 13.6 Å². The smallest absolute Gasteiger partial charge is 0.262 e. The lowest BCUT2D eigenvalue weighted by Gasteiger charge is -2.31. The molecule has 0 aromatic heterocycles. The standard InChI is InChI=1S/C20H19F2N3O/c21-16-11-15-7-4-9-24(20(15)17(22)12-16)13-19(26)25-10-8-18(23-25)14-5-2-1-3-6-14/h1-3,5-6,11-12H,4,7-10,13H2. The number of rotatable bonds is 3. The number of aryl methyl sites for hydroxylation is 1. The summed E-state index contributed by atoms with van der Waals surface area (Å²) in [6, 6.07) is 12.0. The highest BCUT2D eigenvalue weighted by molar-refractivity contribution is 6.02. The van der Waals surface area contributed by atoms with Gasteiger partial charge in [-0.1, -0.05) is 30.3 Å². The minimum absolute atomic E-state index is 0.0428. The number of hydrogen-bond donors (Lipinski definition) is 0. The van der Waals surface area contributed by atoms with Crippen molar-refractivity contribution in [2.45, 2.75) is 19.3 Å². The highest BCUT2D eigenvalue weighted by Gasteiger charge is 2.27. The quantitative estimate of drug-likeness (QED) is 0.846. The van der Waals surface area contributed by atoms with Crippen molar-refractivity contribution in [3.63, 3.8) is 0 Å². The van der Waals surface area contributed by atoms with Gasteiger partial charge in [-0.3, -0.25) is 4.79 Å². The van der Waals surface area contributed by atoms with Crippen LogP contribution < -0.4 is 4.90 Å². The molecule has 0 spiro atoms. The molecule has 0 N–H and O–H groups in total. The summed E-state index contributed by atoms with van der Waals surface area (Å²) in [5.41, 5.74) is 2.85. The lowest BCUT2D eigenvalue weighted by molar-refractivity contribution is -0.129. The summed E-state index contributed by atoms with van der Waals surface area (Å²) in [4.78, 5) is 14.4. The van der Waals surface area contributed by atoms with Crippen LogP contribution in [0.1, 0.15) is 24.0 Å². The number of amides is 1. The Hall–Kier alpha value is -2.76. The van der Waals surface area contributed by atoms with Gasteiger partial charge in [0.25, 0.3) is 5.91 Å². The van der Waals surface area contributed by atoms with Crippen molar-refractivity contribution >= 4 is 17.3 Å². The lowest BCUT2D eigenvalue weighted by Crippen LogP contribution is -2.40. The molecule has 0 unspecified atom stereocenters. The van der Waals surface area contributed by atoms with Crippen LogP contribution in [0, 0.1) is 11.6 Å². The Bertz CT molecular complexity index is 867. The molecule has 2 heterocycles. The van der Waals surface area contributed by atoms with E-state index in [-0.39, 0.29) is 12.5 Å². The molecule has 0 saturated carbocycles. The average Bonchev–Trinajstić information content (AvgIpc) is 3.12. The molecular formula is C20H19F2N3O. The molecule has 0 atom stereocenters. The molecule has 2 aliphatic heterocycles. The first kappa shape index (κ1) is 16.7. The maximum atomic E-state index is 14.3. The maximum Gasteiger partial charge on any atom is 0.262 e. The molecule has 2 aromatic rings. The normalized spacial score (nSPS) is 16.5. The molecule has 0 aliphatic carbocycles. The molecule has 0 fully saturated rings. The summed E-state index contributed by atoms with van der Waals surface area (Å²) < 4.78 is 27.7. The van der Waals surface area contributed by atoms with Gasteiger partial charge in [0.2, 0.25) is 0 Å². The molecule has 0 saturated heterocycles. The second-order valence-electron chi connectivity index (χ2n) is 6.60. The zero-order valence-electron chi connectivity index (χ0n) is 14.3. The molecule has 26 heavy (non-hydrogen) atoms. The van der Waals surface area contributed by atoms with Crippen molar-refractivity contribution in [3.8, 4) is 0 Å². The van der Waals surface area contributed by atoms with Crippen molar-refractivity contribution in [1.29, 1.82) is 0 Å². The average molecular weight is 355 g/mol. The molecule has 0 bridgehead atoms. The van der Waals surface area contributed by atoms with Gasteiger partial charge >= 0.3 is 0 Å². The molecule has 0 radical (unpaired) electrons. The number of hydrogen-bond acceptors (Lipinski definition) is 3. The molecule has 134 valence electrons. The zero-order chi connectivity index (χ0) is 18.1. The van der Waals surface area contributed by atoms with Crippen LogP contribution >= 0.6 is 0 Å². The van der Waals surface area contributed by atoms with Crippen LogP contribution in [0.2, 0.25) is 0 Å². The third-order valence-electron chi connectivity index (χ3n) is 4.82. The van der Waals surface area contributed by atoms with Crippen molar-refractivity contribution < 1.29 is 13.6 Å². The first-order chi connectivity index (χ1) is 12.6. The van der Waals surface area contributed by atoms with Gasteiger partial charge in [-0.05, 0) is 30.0 Å². The van der Waals surface area contributed by atoms with E-state index in [0.29, 0.717) is 37.2 Å². The van der Waals surface area contributed by atoms with Gasteiger partial charge in [-0.15, -0.1) is 0 Å². The SMILES string of the molecule is O=C(CN1CCCc2cc(F)cc(F)c21)N1CCC(c2ccccc2)=N1. The summed E-state index contributed by atoms with van der Waals surface area (Å²) in [7, 11) is 0. The largest absolute Gasteiger partial charge is 0.360 e. The van der Waals surface area contributed by atoms with E-state index in [1.807, 2.05) is 30.3 Å². The van der Waals surface area contributed by atoms with Crippen LogP contribution in [0.5, 0.6) is 0 Å². The van der Waals surface area contributed by atoms with Gasteiger partial charge in [-0.2, -0.15) is 5.10 Å². The summed E-state index contributed by atoms with van der Waals surface area (Å²) in [5, 5.41) is 5.89. The molecule has 2 aliphatic rings. The van der Waals surface area contributed by atoms with Crippen LogP contribution in [0.4, 0.5) is 14.5 Å². The van der Waals surface area contributed by atoms with Crippen molar-refractivity contribution in [3.05, 3.63) is 65.2 Å². The van der Waals surface area contributed by atoms with Gasteiger partial charge in [0.05, 0.1) is 24.5 Å². The Morgan fingerprint density at radius 3 is 2.69 bits per heavy atom. The van der Waals surface area contributed by atoms with Crippen molar-refractivity contribution in [2.24, 2.45) is 5.10 Å². The first-order valence-corrected chi connectivity index (χ1v) is 8.78. The fraction of sp³-hybridized carbons (Fsp3) is 0.300. The highest BCUT2D eigenvalue weighted by Crippen LogP contribution is 2.31. The molecule has 4 nitrogen and oxygen atoms in total. The molecule has 2 aromatic carbocycles. The number of nitrogens with zero attached hydrogens (tertiary/aromatic N) is 3. The summed E-state index contributed by atoms with van der Waals surface area (Å²) in [6.07, 6.45) is 2.09. The van der Waals surface area contributed by atoms with E-state index in [1.54, 1.807) is 4.90 Å². The van der Waals surface area contributed by atoms with E-state index in [2.05, 4.69) is 5.10 Å². The maximum absolute atomic E-state index is 14.3. The Kier molecular flexibility index (Phi) is 4.41. The monoisotopic (exact) mass is 355 g/mol. The zero-order valence-corrected chi connectivity index (χ0v) is 14.3. The fourth-order valence-corrected chi connectivity index (χ4v) is 3.61. The number of halogens is 2. The van der Waals surface area contributed by atoms with E-state index in [4.69, 9.17) is 0 Å². The third-order valence-corrected chi connectivity index (χ3v) is 4.82. The van der Waals surface area contributed by atoms with E-state index < -0.39 is 11.6 Å². The van der Waals surface area contributed by atoms with E-state index in [1.165, 1.54) is 11.1 Å². The van der Waals surface area contributed by atoms with Crippen molar-refractivity contribution in [2.75, 3.05) is 24.5 Å². The summed E-state index contributed by atoms with van der Waals surface area (Å²) in [6.45, 7) is 1.14. The summed E-state index contributed by atoms with van der Waals surface area (Å²) in [5.74, 6) is -1.36. The highest BCUT2D eigenvalue weighted by atomic mass is 19.1. The predicted molar refractivity (Wildman–Crippen MR) is 96.2 cm³/mol. The molecule has 1 amide bonds. The predicted octanol–water partition coefficient (Wildman–Crippen LogP) is 3.35. The van der Waals surface area contributed by atoms with E-state index in [0.717, 1.165) is 23.8 Å². The second-order valence-corrected chi connectivity index (χ2v) is 6.60. The number of carbonyl (C=O) groups is 1. The number of fused-ring (bicyclic) bond motifs is 1. The topological polar surface area (TPSA) is 35.9 Å². The fourth-order valence-electron chi connectivity index (χ4n) is 3.61. The van der Waals surface area contributed by atoms with Gasteiger partial charge < -0.3 is 4.90 Å². The Morgan fingerprint density at radius 1 is 1.08 bits per heavy atom. The number of benzene rings is 2. The number of anilines is 1. The van der Waals surface area contributed by atoms with Gasteiger partial charge in [0, 0.05) is 19.0 Å². The number of hydrazone groups is 1. The molecular weight excluding hydrogens is 336 g/mol. The van der Waals surface area contributed by atoms with Crippen LogP contribution in [-0.2, 0) is 11.2 Å². The van der Waals surface area contributed by atoms with Crippen LogP contribution in [0.15, 0.2) is 47.6 Å². The second kappa shape index (κ2) is 6.86. The Balaban J connectivity index is 1.51. The summed E-state index contributed by atoms with van der Waals surface area (Å²) >= 11 is 0. The molecule has 6 heteroatoms. The first-order valence-electron chi connectivity index (χ1n) is 8.78. The Labute approximate surface area is 150 Å². The number of carbonyl (C=O) groups excluding carboxylic acids is 1. The van der Waals surface area contributed by atoms with Crippen molar-refractivity contribution in [1.82, 2.24) is 5.01 Å².